The monoisotopic (exact) mass is 286 g/mol. The number of aryl methyl sites for hydroxylation is 1. The number of rotatable bonds is 3. The van der Waals surface area contributed by atoms with Gasteiger partial charge in [-0.2, -0.15) is 11.3 Å². The normalized spacial score (nSPS) is 12.7. The van der Waals surface area contributed by atoms with E-state index in [2.05, 4.69) is 60.1 Å². The van der Waals surface area contributed by atoms with Gasteiger partial charge in [0.15, 0.2) is 0 Å². The van der Waals surface area contributed by atoms with E-state index < -0.39 is 0 Å². The third-order valence-electron chi connectivity index (χ3n) is 3.46. The van der Waals surface area contributed by atoms with Crippen LogP contribution < -0.4 is 0 Å². The van der Waals surface area contributed by atoms with Crippen molar-refractivity contribution in [3.63, 3.8) is 0 Å². The van der Waals surface area contributed by atoms with Crippen LogP contribution in [0, 0.1) is 6.92 Å². The number of benzene rings is 2. The minimum Gasteiger partial charge on any atom is -0.152 e. The highest BCUT2D eigenvalue weighted by molar-refractivity contribution is 7.08. The molecule has 0 fully saturated rings. The van der Waals surface area contributed by atoms with Crippen molar-refractivity contribution in [1.82, 2.24) is 0 Å². The average Bonchev–Trinajstić information content (AvgIpc) is 2.85. The lowest BCUT2D eigenvalue weighted by Crippen LogP contribution is -1.96. The molecule has 3 rings (SSSR count). The van der Waals surface area contributed by atoms with E-state index in [4.69, 9.17) is 11.6 Å². The number of thiophene rings is 1. The van der Waals surface area contributed by atoms with Crippen molar-refractivity contribution in [3.8, 4) is 0 Å². The summed E-state index contributed by atoms with van der Waals surface area (Å²) in [6.07, 6.45) is 0.879. The Bertz CT molecular complexity index is 699. The molecule has 0 aliphatic carbocycles. The van der Waals surface area contributed by atoms with Gasteiger partial charge in [-0.15, -0.1) is 11.6 Å². The highest BCUT2D eigenvalue weighted by Gasteiger charge is 2.12. The van der Waals surface area contributed by atoms with Crippen LogP contribution >= 0.6 is 22.9 Å². The first-order valence-corrected chi connectivity index (χ1v) is 7.76. The second-order valence-corrected chi connectivity index (χ2v) is 6.13. The van der Waals surface area contributed by atoms with Crippen LogP contribution in [0.3, 0.4) is 0 Å². The summed E-state index contributed by atoms with van der Waals surface area (Å²) in [5, 5.41) is 6.95. The molecule has 0 aliphatic rings. The third-order valence-corrected chi connectivity index (χ3v) is 4.73. The van der Waals surface area contributed by atoms with Crippen LogP contribution in [0.1, 0.15) is 22.1 Å². The molecule has 3 aromatic rings. The standard InChI is InChI=1S/C17H15ClS/c1-12-10-19-11-16(12)17(18)9-13-6-7-14-4-2-3-5-15(14)8-13/h2-8,10-11,17H,9H2,1H3. The fraction of sp³-hybridized carbons (Fsp3) is 0.176. The van der Waals surface area contributed by atoms with E-state index in [0.29, 0.717) is 0 Å². The molecule has 2 heteroatoms. The first-order valence-electron chi connectivity index (χ1n) is 6.38. The van der Waals surface area contributed by atoms with Gasteiger partial charge in [-0.05, 0) is 51.6 Å². The molecule has 1 heterocycles. The Morgan fingerprint density at radius 3 is 2.58 bits per heavy atom. The first-order chi connectivity index (χ1) is 9.24. The smallest absolute Gasteiger partial charge is 0.0636 e. The molecule has 0 saturated carbocycles. The maximum atomic E-state index is 6.55. The summed E-state index contributed by atoms with van der Waals surface area (Å²) >= 11 is 8.27. The second kappa shape index (κ2) is 5.36. The van der Waals surface area contributed by atoms with Gasteiger partial charge in [0.05, 0.1) is 5.38 Å². The van der Waals surface area contributed by atoms with Crippen LogP contribution in [-0.2, 0) is 6.42 Å². The topological polar surface area (TPSA) is 0 Å². The molecule has 0 radical (unpaired) electrons. The largest absolute Gasteiger partial charge is 0.152 e. The molecule has 0 amide bonds. The van der Waals surface area contributed by atoms with Gasteiger partial charge >= 0.3 is 0 Å². The van der Waals surface area contributed by atoms with Gasteiger partial charge in [-0.1, -0.05) is 42.5 Å². The number of hydrogen-bond donors (Lipinski definition) is 0. The summed E-state index contributed by atoms with van der Waals surface area (Å²) in [5.74, 6) is 0. The predicted octanol–water partition coefficient (Wildman–Crippen LogP) is 5.73. The summed E-state index contributed by atoms with van der Waals surface area (Å²) in [6, 6.07) is 15.0. The molecule has 1 aromatic heterocycles. The SMILES string of the molecule is Cc1cscc1C(Cl)Cc1ccc2ccccc2c1. The number of hydrogen-bond acceptors (Lipinski definition) is 1. The van der Waals surface area contributed by atoms with E-state index in [1.165, 1.54) is 27.5 Å². The minimum atomic E-state index is 0.0624. The lowest BCUT2D eigenvalue weighted by atomic mass is 10.0. The Hall–Kier alpha value is -1.31. The fourth-order valence-corrected chi connectivity index (χ4v) is 3.77. The van der Waals surface area contributed by atoms with Crippen LogP contribution in [0.2, 0.25) is 0 Å². The summed E-state index contributed by atoms with van der Waals surface area (Å²) in [4.78, 5) is 0. The van der Waals surface area contributed by atoms with Crippen LogP contribution in [0.15, 0.2) is 53.2 Å². The van der Waals surface area contributed by atoms with E-state index in [1.54, 1.807) is 11.3 Å². The zero-order valence-electron chi connectivity index (χ0n) is 10.8. The van der Waals surface area contributed by atoms with Gasteiger partial charge in [-0.25, -0.2) is 0 Å². The van der Waals surface area contributed by atoms with E-state index in [0.717, 1.165) is 6.42 Å². The van der Waals surface area contributed by atoms with E-state index in [9.17, 15) is 0 Å². The number of alkyl halides is 1. The summed E-state index contributed by atoms with van der Waals surface area (Å²) in [5.41, 5.74) is 3.86. The average molecular weight is 287 g/mol. The van der Waals surface area contributed by atoms with Crippen molar-refractivity contribution < 1.29 is 0 Å². The second-order valence-electron chi connectivity index (χ2n) is 4.86. The van der Waals surface area contributed by atoms with Crippen molar-refractivity contribution in [2.75, 3.05) is 0 Å². The lowest BCUT2D eigenvalue weighted by molar-refractivity contribution is 0.918. The van der Waals surface area contributed by atoms with Crippen molar-refractivity contribution in [3.05, 3.63) is 69.9 Å². The number of halogens is 1. The predicted molar refractivity (Wildman–Crippen MR) is 85.3 cm³/mol. The van der Waals surface area contributed by atoms with E-state index in [-0.39, 0.29) is 5.38 Å². The molecule has 0 saturated heterocycles. The quantitative estimate of drug-likeness (QED) is 0.539. The molecule has 96 valence electrons. The molecule has 1 atom stereocenters. The van der Waals surface area contributed by atoms with Gasteiger partial charge < -0.3 is 0 Å². The Kier molecular flexibility index (Phi) is 3.58. The maximum absolute atomic E-state index is 6.55. The summed E-state index contributed by atoms with van der Waals surface area (Å²) in [7, 11) is 0. The molecular formula is C17H15ClS. The molecule has 0 nitrogen and oxygen atoms in total. The highest BCUT2D eigenvalue weighted by atomic mass is 35.5. The minimum absolute atomic E-state index is 0.0624. The molecule has 0 bridgehead atoms. The fourth-order valence-electron chi connectivity index (χ4n) is 2.37. The van der Waals surface area contributed by atoms with E-state index >= 15 is 0 Å². The van der Waals surface area contributed by atoms with Crippen molar-refractivity contribution in [2.24, 2.45) is 0 Å². The highest BCUT2D eigenvalue weighted by Crippen LogP contribution is 2.30. The Morgan fingerprint density at radius 2 is 1.84 bits per heavy atom. The maximum Gasteiger partial charge on any atom is 0.0636 e. The molecule has 0 N–H and O–H groups in total. The van der Waals surface area contributed by atoms with Crippen LogP contribution in [-0.4, -0.2) is 0 Å². The van der Waals surface area contributed by atoms with Crippen molar-refractivity contribution in [2.45, 2.75) is 18.7 Å². The third kappa shape index (κ3) is 2.68. The Balaban J connectivity index is 1.87. The number of fused-ring (bicyclic) bond motifs is 1. The lowest BCUT2D eigenvalue weighted by Gasteiger charge is -2.10. The zero-order chi connectivity index (χ0) is 13.2. The van der Waals surface area contributed by atoms with E-state index in [1.807, 2.05) is 0 Å². The van der Waals surface area contributed by atoms with Crippen molar-refractivity contribution in [1.29, 1.82) is 0 Å². The summed E-state index contributed by atoms with van der Waals surface area (Å²) in [6.45, 7) is 2.13. The molecule has 1 unspecified atom stereocenters. The van der Waals surface area contributed by atoms with Crippen LogP contribution in [0.5, 0.6) is 0 Å². The zero-order valence-corrected chi connectivity index (χ0v) is 12.3. The van der Waals surface area contributed by atoms with Gasteiger partial charge in [0.1, 0.15) is 0 Å². The molecular weight excluding hydrogens is 272 g/mol. The van der Waals surface area contributed by atoms with Gasteiger partial charge in [-0.3, -0.25) is 0 Å². The van der Waals surface area contributed by atoms with Gasteiger partial charge in [0, 0.05) is 0 Å². The molecule has 0 aliphatic heterocycles. The first kappa shape index (κ1) is 12.7. The van der Waals surface area contributed by atoms with Crippen molar-refractivity contribution >= 4 is 33.7 Å². The van der Waals surface area contributed by atoms with Crippen LogP contribution in [0.25, 0.3) is 10.8 Å². The molecule has 0 spiro atoms. The molecule has 19 heavy (non-hydrogen) atoms. The van der Waals surface area contributed by atoms with Gasteiger partial charge in [0.2, 0.25) is 0 Å². The Morgan fingerprint density at radius 1 is 1.05 bits per heavy atom. The molecule has 2 aromatic carbocycles. The Labute approximate surface area is 122 Å². The van der Waals surface area contributed by atoms with Crippen LogP contribution in [0.4, 0.5) is 0 Å². The summed E-state index contributed by atoms with van der Waals surface area (Å²) < 4.78 is 0. The van der Waals surface area contributed by atoms with Gasteiger partial charge in [0.25, 0.3) is 0 Å².